The molecule has 5 rings (SSSR count). The van der Waals surface area contributed by atoms with Crippen LogP contribution in [0.25, 0.3) is 0 Å². The second-order valence-corrected chi connectivity index (χ2v) is 12.7. The van der Waals surface area contributed by atoms with Crippen molar-refractivity contribution in [2.24, 2.45) is 22.9 Å². The number of hydrogen-bond donors (Lipinski definition) is 1. The van der Waals surface area contributed by atoms with Crippen LogP contribution >= 0.6 is 0 Å². The van der Waals surface area contributed by atoms with Gasteiger partial charge in [-0.15, -0.1) is 0 Å². The maximum atomic E-state index is 13.3. The Morgan fingerprint density at radius 2 is 1.60 bits per heavy atom. The molecule has 0 bridgehead atoms. The van der Waals surface area contributed by atoms with Crippen LogP contribution in [0.3, 0.4) is 0 Å². The van der Waals surface area contributed by atoms with Crippen LogP contribution in [0, 0.1) is 17.8 Å². The van der Waals surface area contributed by atoms with Crippen LogP contribution < -0.4 is 14.9 Å². The monoisotopic (exact) mass is 581 g/mol. The lowest BCUT2D eigenvalue weighted by molar-refractivity contribution is -0.122. The summed E-state index contributed by atoms with van der Waals surface area (Å²) >= 11 is 0. The van der Waals surface area contributed by atoms with Gasteiger partial charge in [0.1, 0.15) is 0 Å². The minimum absolute atomic E-state index is 0.0917. The first-order valence-electron chi connectivity index (χ1n) is 15.8. The predicted molar refractivity (Wildman–Crippen MR) is 174 cm³/mol. The van der Waals surface area contributed by atoms with Crippen molar-refractivity contribution in [1.82, 2.24) is 10.3 Å². The highest BCUT2D eigenvalue weighted by molar-refractivity contribution is 6.07. The van der Waals surface area contributed by atoms with E-state index >= 15 is 0 Å². The van der Waals surface area contributed by atoms with E-state index in [2.05, 4.69) is 84.8 Å². The van der Waals surface area contributed by atoms with Gasteiger partial charge in [-0.3, -0.25) is 9.69 Å². The van der Waals surface area contributed by atoms with Crippen LogP contribution in [0.2, 0.25) is 0 Å². The van der Waals surface area contributed by atoms with Crippen molar-refractivity contribution >= 4 is 11.6 Å². The predicted octanol–water partition coefficient (Wildman–Crippen LogP) is 7.00. The minimum atomic E-state index is -0.295. The molecule has 0 aromatic heterocycles. The van der Waals surface area contributed by atoms with E-state index in [1.807, 2.05) is 13.0 Å². The molecule has 2 atom stereocenters. The average molecular weight is 582 g/mol. The third-order valence-electron chi connectivity index (χ3n) is 9.12. The molecule has 228 valence electrons. The zero-order valence-corrected chi connectivity index (χ0v) is 26.4. The van der Waals surface area contributed by atoms with E-state index in [0.717, 1.165) is 61.5 Å². The van der Waals surface area contributed by atoms with Gasteiger partial charge in [0.2, 0.25) is 5.91 Å². The number of likely N-dealkylation sites (tertiary alicyclic amines) is 1. The van der Waals surface area contributed by atoms with Gasteiger partial charge < -0.3 is 9.47 Å². The number of benzene rings is 3. The highest BCUT2D eigenvalue weighted by atomic mass is 16.5. The number of ether oxygens (including phenoxy) is 2. The summed E-state index contributed by atoms with van der Waals surface area (Å²) in [6, 6.07) is 23.3. The second-order valence-electron chi connectivity index (χ2n) is 12.7. The number of carbonyl (C=O) groups excluding carboxylic acids is 1. The van der Waals surface area contributed by atoms with Crippen molar-refractivity contribution in [1.29, 1.82) is 0 Å². The van der Waals surface area contributed by atoms with Gasteiger partial charge in [0.15, 0.2) is 11.5 Å². The molecular weight excluding hydrogens is 534 g/mol. The van der Waals surface area contributed by atoms with E-state index in [4.69, 9.17) is 14.6 Å². The molecule has 43 heavy (non-hydrogen) atoms. The Hall–Kier alpha value is -3.64. The smallest absolute Gasteiger partial charge is 0.247 e. The molecule has 3 aromatic rings. The Morgan fingerprint density at radius 1 is 0.930 bits per heavy atom. The van der Waals surface area contributed by atoms with Gasteiger partial charge in [0, 0.05) is 18.0 Å². The van der Waals surface area contributed by atoms with Crippen LogP contribution in [0.4, 0.5) is 0 Å². The van der Waals surface area contributed by atoms with Gasteiger partial charge in [-0.2, -0.15) is 5.10 Å². The fraction of sp³-hybridized carbons (Fsp3) is 0.459. The third kappa shape index (κ3) is 7.66. The third-order valence-corrected chi connectivity index (χ3v) is 9.12. The highest BCUT2D eigenvalue weighted by Gasteiger charge is 2.34. The summed E-state index contributed by atoms with van der Waals surface area (Å²) in [5.74, 6) is 2.49. The molecule has 1 N–H and O–H groups in total. The van der Waals surface area contributed by atoms with E-state index in [9.17, 15) is 4.79 Å². The number of hydrogen-bond acceptors (Lipinski definition) is 5. The summed E-state index contributed by atoms with van der Waals surface area (Å²) in [6.07, 6.45) is 5.34. The lowest BCUT2D eigenvalue weighted by Gasteiger charge is -2.33. The largest absolute Gasteiger partial charge is 0.493 e. The Morgan fingerprint density at radius 3 is 2.26 bits per heavy atom. The summed E-state index contributed by atoms with van der Waals surface area (Å²) < 4.78 is 11.2. The number of rotatable bonds is 11. The Labute approximate surface area is 257 Å². The molecule has 1 saturated heterocycles. The van der Waals surface area contributed by atoms with Gasteiger partial charge in [-0.1, -0.05) is 68.4 Å². The van der Waals surface area contributed by atoms with Crippen LogP contribution in [-0.2, 0) is 24.2 Å². The molecule has 0 radical (unpaired) electrons. The minimum Gasteiger partial charge on any atom is -0.493 e. The van der Waals surface area contributed by atoms with E-state index in [0.29, 0.717) is 17.6 Å². The molecule has 1 heterocycles. The first-order valence-corrected chi connectivity index (χ1v) is 15.8. The van der Waals surface area contributed by atoms with Gasteiger partial charge in [0.25, 0.3) is 0 Å². The molecule has 6 nitrogen and oxygen atoms in total. The van der Waals surface area contributed by atoms with Gasteiger partial charge in [0.05, 0.1) is 25.8 Å². The first-order chi connectivity index (χ1) is 20.8. The molecule has 2 unspecified atom stereocenters. The Bertz CT molecular complexity index is 1390. The second kappa shape index (κ2) is 14.2. The summed E-state index contributed by atoms with van der Waals surface area (Å²) in [5, 5.41) is 4.83. The van der Waals surface area contributed by atoms with E-state index in [1.54, 1.807) is 14.2 Å². The van der Waals surface area contributed by atoms with Crippen molar-refractivity contribution < 1.29 is 14.3 Å². The van der Waals surface area contributed by atoms with E-state index in [-0.39, 0.29) is 17.7 Å². The molecule has 3 aromatic carbocycles. The topological polar surface area (TPSA) is 63.2 Å². The molecule has 1 amide bonds. The normalized spacial score (nSPS) is 18.9. The van der Waals surface area contributed by atoms with E-state index < -0.39 is 0 Å². The summed E-state index contributed by atoms with van der Waals surface area (Å²) in [4.78, 5) is 15.9. The Balaban J connectivity index is 1.29. The van der Waals surface area contributed by atoms with Crippen LogP contribution in [0.5, 0.6) is 11.5 Å². The number of nitrogens with one attached hydrogen (secondary N) is 1. The molecule has 6 heteroatoms. The number of piperidine rings is 1. The van der Waals surface area contributed by atoms with Crippen molar-refractivity contribution in [2.45, 2.75) is 65.3 Å². The van der Waals surface area contributed by atoms with Crippen LogP contribution in [0.15, 0.2) is 71.8 Å². The van der Waals surface area contributed by atoms with Crippen molar-refractivity contribution in [3.8, 4) is 11.5 Å². The fourth-order valence-electron chi connectivity index (χ4n) is 6.66. The summed E-state index contributed by atoms with van der Waals surface area (Å²) in [6.45, 7) is 9.62. The fourth-order valence-corrected chi connectivity index (χ4v) is 6.66. The number of fused-ring (bicyclic) bond motifs is 1. The SMILES string of the molecule is COc1cc2c(cc1OC)/C(=N\NC(=O)C(C)c1ccc(CC(C)C)cc1)C(CC1CCN(Cc3ccccc3)CC1)C2. The van der Waals surface area contributed by atoms with E-state index in [1.165, 1.54) is 29.5 Å². The maximum absolute atomic E-state index is 13.3. The molecular formula is C37H47N3O3. The number of methoxy groups -OCH3 is 2. The summed E-state index contributed by atoms with van der Waals surface area (Å²) in [5.41, 5.74) is 9.83. The maximum Gasteiger partial charge on any atom is 0.247 e. The molecule has 1 fully saturated rings. The van der Waals surface area contributed by atoms with Gasteiger partial charge >= 0.3 is 0 Å². The zero-order chi connectivity index (χ0) is 30.3. The molecule has 1 aliphatic heterocycles. The number of hydrazone groups is 1. The highest BCUT2D eigenvalue weighted by Crippen LogP contribution is 2.40. The molecule has 0 saturated carbocycles. The lowest BCUT2D eigenvalue weighted by atomic mass is 9.85. The molecule has 2 aliphatic rings. The molecule has 0 spiro atoms. The standard InChI is InChI=1S/C37H47N3O3/c1-25(2)19-27-11-13-30(14-12-27)26(3)37(41)39-38-36-32(21-31-22-34(42-4)35(43-5)23-33(31)36)20-28-15-17-40(18-16-28)24-29-9-7-6-8-10-29/h6-14,22-23,25-26,28,32H,15-21,24H2,1-5H3,(H,39,41)/b38-36-. The van der Waals surface area contributed by atoms with Crippen LogP contribution in [0.1, 0.15) is 73.8 Å². The van der Waals surface area contributed by atoms with Crippen molar-refractivity contribution in [3.05, 3.63) is 94.5 Å². The van der Waals surface area contributed by atoms with Gasteiger partial charge in [-0.05, 0) is 98.3 Å². The Kier molecular flexibility index (Phi) is 10.2. The number of nitrogens with zero attached hydrogens (tertiary/aromatic N) is 2. The van der Waals surface area contributed by atoms with Crippen LogP contribution in [-0.4, -0.2) is 43.8 Å². The lowest BCUT2D eigenvalue weighted by Crippen LogP contribution is -2.34. The first kappa shape index (κ1) is 30.8. The van der Waals surface area contributed by atoms with Gasteiger partial charge in [-0.25, -0.2) is 5.43 Å². The zero-order valence-electron chi connectivity index (χ0n) is 26.4. The van der Waals surface area contributed by atoms with Crippen molar-refractivity contribution in [2.75, 3.05) is 27.3 Å². The summed E-state index contributed by atoms with van der Waals surface area (Å²) in [7, 11) is 3.33. The molecule has 1 aliphatic carbocycles. The quantitative estimate of drug-likeness (QED) is 0.248. The number of carbonyl (C=O) groups is 1. The average Bonchev–Trinajstić information content (AvgIpc) is 3.35. The van der Waals surface area contributed by atoms with Crippen molar-refractivity contribution in [3.63, 3.8) is 0 Å². The number of amides is 1.